The molecule has 1 N–H and O–H groups in total. The van der Waals surface area contributed by atoms with Gasteiger partial charge in [0, 0.05) is 26.8 Å². The topological polar surface area (TPSA) is 56.9 Å². The molecule has 1 aliphatic rings. The number of hydrogen-bond acceptors (Lipinski definition) is 5. The van der Waals surface area contributed by atoms with Crippen molar-refractivity contribution in [3.63, 3.8) is 0 Å². The Morgan fingerprint density at radius 3 is 2.65 bits per heavy atom. The first-order valence-electron chi connectivity index (χ1n) is 8.32. The Kier molecular flexibility index (Phi) is 4.58. The van der Waals surface area contributed by atoms with Crippen LogP contribution in [0.25, 0.3) is 22.6 Å². The van der Waals surface area contributed by atoms with E-state index in [2.05, 4.69) is 11.1 Å². The molecule has 0 radical (unpaired) electrons. The first-order chi connectivity index (χ1) is 12.7. The van der Waals surface area contributed by atoms with E-state index in [-0.39, 0.29) is 17.1 Å². The van der Waals surface area contributed by atoms with E-state index >= 15 is 0 Å². The van der Waals surface area contributed by atoms with E-state index in [4.69, 9.17) is 0 Å². The summed E-state index contributed by atoms with van der Waals surface area (Å²) in [6, 6.07) is 8.17. The lowest BCUT2D eigenvalue weighted by Crippen LogP contribution is -2.01. The van der Waals surface area contributed by atoms with E-state index in [9.17, 15) is 14.8 Å². The Balaban J connectivity index is 1.73. The van der Waals surface area contributed by atoms with Crippen molar-refractivity contribution < 1.29 is 9.50 Å². The highest BCUT2D eigenvalue weighted by atomic mass is 32.1. The van der Waals surface area contributed by atoms with Crippen LogP contribution in [0.3, 0.4) is 0 Å². The van der Waals surface area contributed by atoms with Crippen molar-refractivity contribution in [2.24, 2.45) is 0 Å². The van der Waals surface area contributed by atoms with Gasteiger partial charge in [-0.05, 0) is 55.5 Å². The van der Waals surface area contributed by atoms with Crippen molar-refractivity contribution >= 4 is 34.0 Å². The number of nitriles is 1. The average molecular weight is 382 g/mol. The molecule has 26 heavy (non-hydrogen) atoms. The van der Waals surface area contributed by atoms with Gasteiger partial charge >= 0.3 is 0 Å². The fourth-order valence-corrected chi connectivity index (χ4v) is 5.12. The fraction of sp³-hybridized carbons (Fsp3) is 0.200. The minimum absolute atomic E-state index is 0.00639. The highest BCUT2D eigenvalue weighted by Crippen LogP contribution is 2.37. The third-order valence-electron chi connectivity index (χ3n) is 4.52. The summed E-state index contributed by atoms with van der Waals surface area (Å²) in [5.74, 6) is -0.298. The maximum Gasteiger partial charge on any atom is 0.144 e. The molecule has 0 aliphatic heterocycles. The average Bonchev–Trinajstić information content (AvgIpc) is 3.30. The van der Waals surface area contributed by atoms with E-state index in [0.717, 1.165) is 30.4 Å². The number of nitrogens with zero attached hydrogens (tertiary/aromatic N) is 2. The molecule has 1 aromatic carbocycles. The molecule has 3 aromatic rings. The molecule has 0 unspecified atom stereocenters. The van der Waals surface area contributed by atoms with Crippen LogP contribution in [0.1, 0.15) is 33.9 Å². The van der Waals surface area contributed by atoms with Gasteiger partial charge in [0.1, 0.15) is 28.2 Å². The molecule has 0 spiro atoms. The quantitative estimate of drug-likeness (QED) is 0.457. The molecule has 6 heteroatoms. The van der Waals surface area contributed by atoms with Gasteiger partial charge in [-0.3, -0.25) is 0 Å². The molecule has 0 fully saturated rings. The normalized spacial score (nSPS) is 14.5. The van der Waals surface area contributed by atoms with Gasteiger partial charge in [-0.2, -0.15) is 5.26 Å². The number of rotatable bonds is 3. The van der Waals surface area contributed by atoms with Crippen LogP contribution in [0.4, 0.5) is 4.39 Å². The summed E-state index contributed by atoms with van der Waals surface area (Å²) in [6.45, 7) is 0. The van der Waals surface area contributed by atoms with Gasteiger partial charge in [-0.15, -0.1) is 22.7 Å². The van der Waals surface area contributed by atoms with Crippen LogP contribution in [0.2, 0.25) is 0 Å². The monoisotopic (exact) mass is 382 g/mol. The fourth-order valence-electron chi connectivity index (χ4n) is 3.17. The van der Waals surface area contributed by atoms with E-state index in [1.54, 1.807) is 23.5 Å². The maximum absolute atomic E-state index is 13.1. The van der Waals surface area contributed by atoms with E-state index < -0.39 is 0 Å². The smallest absolute Gasteiger partial charge is 0.144 e. The van der Waals surface area contributed by atoms with Crippen molar-refractivity contribution in [1.82, 2.24) is 4.98 Å². The SMILES string of the molecule is N#CC(=C(O)c1csc2c1CCCC2)c1nc(-c2ccc(F)cc2)cs1. The summed E-state index contributed by atoms with van der Waals surface area (Å²) in [5.41, 5.74) is 3.56. The molecule has 0 bridgehead atoms. The molecule has 3 nitrogen and oxygen atoms in total. The number of aryl methyl sites for hydroxylation is 1. The lowest BCUT2D eigenvalue weighted by atomic mass is 9.94. The lowest BCUT2D eigenvalue weighted by molar-refractivity contribution is 0.512. The van der Waals surface area contributed by atoms with Gasteiger partial charge in [-0.25, -0.2) is 9.37 Å². The van der Waals surface area contributed by atoms with Crippen LogP contribution in [-0.2, 0) is 12.8 Å². The van der Waals surface area contributed by atoms with Crippen molar-refractivity contribution in [2.45, 2.75) is 25.7 Å². The van der Waals surface area contributed by atoms with E-state index in [1.807, 2.05) is 10.8 Å². The number of aliphatic hydroxyl groups is 1. The second-order valence-electron chi connectivity index (χ2n) is 6.14. The number of hydrogen-bond donors (Lipinski definition) is 1. The van der Waals surface area contributed by atoms with Gasteiger partial charge in [-0.1, -0.05) is 0 Å². The standard InChI is InChI=1S/C20H15FN2OS2/c21-13-7-5-12(6-8-13)17-11-26-20(23-17)15(9-22)19(24)16-10-25-18-4-2-1-3-14(16)18/h5-8,10-11,24H,1-4H2. The minimum atomic E-state index is -0.304. The zero-order valence-corrected chi connectivity index (χ0v) is 15.5. The largest absolute Gasteiger partial charge is 0.506 e. The highest BCUT2D eigenvalue weighted by Gasteiger charge is 2.22. The number of halogens is 1. The summed E-state index contributed by atoms with van der Waals surface area (Å²) in [7, 11) is 0. The maximum atomic E-state index is 13.1. The third kappa shape index (κ3) is 3.05. The first-order valence-corrected chi connectivity index (χ1v) is 10.1. The minimum Gasteiger partial charge on any atom is -0.506 e. The van der Waals surface area contributed by atoms with Crippen molar-refractivity contribution in [3.05, 3.63) is 61.9 Å². The molecule has 4 rings (SSSR count). The number of allylic oxidation sites excluding steroid dienone is 1. The Bertz CT molecular complexity index is 1030. The van der Waals surface area contributed by atoms with Crippen LogP contribution in [0.15, 0.2) is 35.0 Å². The Morgan fingerprint density at radius 2 is 1.88 bits per heavy atom. The molecule has 0 amide bonds. The summed E-state index contributed by atoms with van der Waals surface area (Å²) in [5, 5.41) is 24.6. The zero-order valence-electron chi connectivity index (χ0n) is 13.8. The van der Waals surface area contributed by atoms with Crippen molar-refractivity contribution in [2.75, 3.05) is 0 Å². The number of thiophene rings is 1. The summed E-state index contributed by atoms with van der Waals surface area (Å²) in [6.07, 6.45) is 4.27. The predicted octanol–water partition coefficient (Wildman–Crippen LogP) is 5.84. The van der Waals surface area contributed by atoms with Crippen molar-refractivity contribution in [1.29, 1.82) is 5.26 Å². The second-order valence-corrected chi connectivity index (χ2v) is 7.96. The molecule has 2 heterocycles. The van der Waals surface area contributed by atoms with Gasteiger partial charge in [0.05, 0.1) is 5.69 Å². The number of fused-ring (bicyclic) bond motifs is 1. The third-order valence-corrected chi connectivity index (χ3v) is 6.47. The second kappa shape index (κ2) is 7.02. The number of aliphatic hydroxyl groups excluding tert-OH is 1. The molecular formula is C20H15FN2OS2. The first kappa shape index (κ1) is 17.0. The molecule has 0 saturated heterocycles. The summed E-state index contributed by atoms with van der Waals surface area (Å²) in [4.78, 5) is 5.79. The molecular weight excluding hydrogens is 367 g/mol. The molecule has 0 atom stereocenters. The Labute approximate surface area is 158 Å². The van der Waals surface area contributed by atoms with Gasteiger partial charge in [0.25, 0.3) is 0 Å². The van der Waals surface area contributed by atoms with Gasteiger partial charge in [0.15, 0.2) is 0 Å². The van der Waals surface area contributed by atoms with Crippen LogP contribution in [0.5, 0.6) is 0 Å². The number of aromatic nitrogens is 1. The zero-order chi connectivity index (χ0) is 18.1. The number of benzene rings is 1. The van der Waals surface area contributed by atoms with Gasteiger partial charge in [0.2, 0.25) is 0 Å². The van der Waals surface area contributed by atoms with Crippen LogP contribution in [0, 0.1) is 17.1 Å². The molecule has 1 aliphatic carbocycles. The summed E-state index contributed by atoms with van der Waals surface area (Å²) < 4.78 is 13.1. The molecule has 2 aromatic heterocycles. The predicted molar refractivity (Wildman–Crippen MR) is 104 cm³/mol. The van der Waals surface area contributed by atoms with Crippen molar-refractivity contribution in [3.8, 4) is 17.3 Å². The van der Waals surface area contributed by atoms with Crippen LogP contribution in [-0.4, -0.2) is 10.1 Å². The highest BCUT2D eigenvalue weighted by molar-refractivity contribution is 7.11. The molecule has 0 saturated carbocycles. The lowest BCUT2D eigenvalue weighted by Gasteiger charge is -2.12. The Morgan fingerprint density at radius 1 is 1.12 bits per heavy atom. The van der Waals surface area contributed by atoms with Crippen LogP contribution >= 0.6 is 22.7 Å². The van der Waals surface area contributed by atoms with E-state index in [0.29, 0.717) is 10.7 Å². The van der Waals surface area contributed by atoms with Crippen LogP contribution < -0.4 is 0 Å². The number of thiazole rings is 1. The van der Waals surface area contributed by atoms with Gasteiger partial charge < -0.3 is 5.11 Å². The molecule has 130 valence electrons. The van der Waals surface area contributed by atoms with E-state index in [1.165, 1.54) is 40.3 Å². The summed E-state index contributed by atoms with van der Waals surface area (Å²) >= 11 is 2.95. The Hall–Kier alpha value is -2.49.